The first-order chi connectivity index (χ1) is 17.5. The number of unbranched alkanes of at least 4 members (excludes halogenated alkanes) is 10. The first-order valence-corrected chi connectivity index (χ1v) is 14.3. The molecule has 0 aliphatic carbocycles. The molecule has 3 heterocycles. The molecule has 0 aromatic carbocycles. The summed E-state index contributed by atoms with van der Waals surface area (Å²) in [5.41, 5.74) is -0.120. The molecule has 0 unspecified atom stereocenters. The van der Waals surface area contributed by atoms with E-state index < -0.39 is 0 Å². The van der Waals surface area contributed by atoms with Crippen LogP contribution in [0.15, 0.2) is 24.3 Å². The largest absolute Gasteiger partial charge is 0.307 e. The van der Waals surface area contributed by atoms with Crippen LogP contribution in [-0.4, -0.2) is 57.1 Å². The summed E-state index contributed by atoms with van der Waals surface area (Å²) in [5, 5.41) is 3.55. The Morgan fingerprint density at radius 1 is 0.649 bits per heavy atom. The summed E-state index contributed by atoms with van der Waals surface area (Å²) in [6.07, 6.45) is 21.2. The Balaban J connectivity index is 0.000000263. The Kier molecular flexibility index (Phi) is 12.2. The third-order valence-corrected chi connectivity index (χ3v) is 7.26. The maximum atomic E-state index is 11.7. The van der Waals surface area contributed by atoms with Crippen LogP contribution in [0.1, 0.15) is 118 Å². The third kappa shape index (κ3) is 10.5. The van der Waals surface area contributed by atoms with Crippen molar-refractivity contribution in [3.63, 3.8) is 0 Å². The van der Waals surface area contributed by atoms with Crippen LogP contribution in [0.4, 0.5) is 0 Å². The van der Waals surface area contributed by atoms with Crippen LogP contribution >= 0.6 is 0 Å². The smallest absolute Gasteiger partial charge is 0.253 e. The molecule has 1 saturated heterocycles. The standard InChI is InChI=1S/C17H29NO2.C13H20N2O2/c1-2-3-4-5-6-7-8-9-10-11-12-15-18-16(19)13-14-17(18)20;1-12(2)7-9(8-13(3,4)14-12)15-10(16)5-6-11(15)17/h13-14H,2-12,15H2,1H3;5-6,9,14H,7-8H2,1-4H3. The van der Waals surface area contributed by atoms with Crippen molar-refractivity contribution in [1.29, 1.82) is 0 Å². The summed E-state index contributed by atoms with van der Waals surface area (Å²) in [6.45, 7) is 11.3. The zero-order valence-electron chi connectivity index (χ0n) is 23.8. The van der Waals surface area contributed by atoms with Crippen LogP contribution in [0.25, 0.3) is 0 Å². The molecule has 0 aromatic heterocycles. The SMILES string of the molecule is CC1(C)CC(N2C(=O)C=CC2=O)CC(C)(C)N1.CCCCCCCCCCCCCN1C(=O)C=CC1=O. The molecule has 208 valence electrons. The van der Waals surface area contributed by atoms with Crippen molar-refractivity contribution in [2.45, 2.75) is 135 Å². The number of imide groups is 2. The van der Waals surface area contributed by atoms with Crippen molar-refractivity contribution in [1.82, 2.24) is 15.1 Å². The van der Waals surface area contributed by atoms with Crippen molar-refractivity contribution < 1.29 is 19.2 Å². The van der Waals surface area contributed by atoms with Gasteiger partial charge in [0.25, 0.3) is 23.6 Å². The molecule has 0 spiro atoms. The number of hydrogen-bond acceptors (Lipinski definition) is 5. The number of hydrogen-bond donors (Lipinski definition) is 1. The van der Waals surface area contributed by atoms with Crippen LogP contribution in [0, 0.1) is 0 Å². The van der Waals surface area contributed by atoms with E-state index in [1.165, 1.54) is 91.9 Å². The lowest BCUT2D eigenvalue weighted by Gasteiger charge is -2.48. The fourth-order valence-electron chi connectivity index (χ4n) is 5.81. The summed E-state index contributed by atoms with van der Waals surface area (Å²) in [6, 6.07) is -0.00347. The Hall–Kier alpha value is -2.28. The first kappa shape index (κ1) is 30.9. The lowest BCUT2D eigenvalue weighted by atomic mass is 9.79. The highest BCUT2D eigenvalue weighted by molar-refractivity contribution is 6.13. The summed E-state index contributed by atoms with van der Waals surface area (Å²) in [4.78, 5) is 48.8. The van der Waals surface area contributed by atoms with Gasteiger partial charge in [0, 0.05) is 48.0 Å². The van der Waals surface area contributed by atoms with E-state index in [-0.39, 0.29) is 40.7 Å². The number of rotatable bonds is 13. The Morgan fingerprint density at radius 3 is 1.46 bits per heavy atom. The molecule has 1 fully saturated rings. The van der Waals surface area contributed by atoms with Crippen LogP contribution in [-0.2, 0) is 19.2 Å². The highest BCUT2D eigenvalue weighted by Gasteiger charge is 2.43. The monoisotopic (exact) mass is 515 g/mol. The first-order valence-electron chi connectivity index (χ1n) is 14.3. The maximum absolute atomic E-state index is 11.7. The van der Waals surface area contributed by atoms with E-state index in [4.69, 9.17) is 0 Å². The zero-order valence-corrected chi connectivity index (χ0v) is 23.8. The lowest BCUT2D eigenvalue weighted by Crippen LogP contribution is -2.62. The molecule has 1 N–H and O–H groups in total. The zero-order chi connectivity index (χ0) is 27.5. The summed E-state index contributed by atoms with van der Waals surface area (Å²) in [5.74, 6) is -0.647. The molecule has 0 radical (unpaired) electrons. The van der Waals surface area contributed by atoms with Crippen molar-refractivity contribution in [3.05, 3.63) is 24.3 Å². The summed E-state index contributed by atoms with van der Waals surface area (Å²) >= 11 is 0. The van der Waals surface area contributed by atoms with Gasteiger partial charge in [0.15, 0.2) is 0 Å². The average molecular weight is 516 g/mol. The minimum atomic E-state index is -0.173. The Morgan fingerprint density at radius 2 is 1.03 bits per heavy atom. The summed E-state index contributed by atoms with van der Waals surface area (Å²) in [7, 11) is 0. The van der Waals surface area contributed by atoms with Crippen LogP contribution in [0.2, 0.25) is 0 Å². The van der Waals surface area contributed by atoms with Crippen molar-refractivity contribution in [3.8, 4) is 0 Å². The molecule has 4 amide bonds. The third-order valence-electron chi connectivity index (χ3n) is 7.26. The van der Waals surface area contributed by atoms with Gasteiger partial charge >= 0.3 is 0 Å². The van der Waals surface area contributed by atoms with E-state index >= 15 is 0 Å². The molecular formula is C30H49N3O4. The highest BCUT2D eigenvalue weighted by Crippen LogP contribution is 2.32. The van der Waals surface area contributed by atoms with Gasteiger partial charge < -0.3 is 5.32 Å². The summed E-state index contributed by atoms with van der Waals surface area (Å²) < 4.78 is 0. The molecule has 7 heteroatoms. The molecule has 3 aliphatic rings. The fourth-order valence-corrected chi connectivity index (χ4v) is 5.81. The van der Waals surface area contributed by atoms with Gasteiger partial charge in [-0.1, -0.05) is 71.1 Å². The molecule has 3 aliphatic heterocycles. The molecule has 7 nitrogen and oxygen atoms in total. The predicted octanol–water partition coefficient (Wildman–Crippen LogP) is 5.44. The second-order valence-electron chi connectivity index (χ2n) is 12.0. The number of carbonyl (C=O) groups is 4. The van der Waals surface area contributed by atoms with E-state index in [1.807, 2.05) is 0 Å². The van der Waals surface area contributed by atoms with Gasteiger partial charge in [0.1, 0.15) is 0 Å². The van der Waals surface area contributed by atoms with Crippen LogP contribution < -0.4 is 5.32 Å². The second-order valence-corrected chi connectivity index (χ2v) is 12.0. The molecular weight excluding hydrogens is 466 g/mol. The van der Waals surface area contributed by atoms with Gasteiger partial charge in [-0.3, -0.25) is 29.0 Å². The maximum Gasteiger partial charge on any atom is 0.253 e. The minimum absolute atomic E-state index is 0.00347. The van der Waals surface area contributed by atoms with E-state index in [2.05, 4.69) is 39.9 Å². The molecule has 37 heavy (non-hydrogen) atoms. The van der Waals surface area contributed by atoms with Gasteiger partial charge in [0.05, 0.1) is 0 Å². The molecule has 0 atom stereocenters. The quantitative estimate of drug-likeness (QED) is 0.261. The van der Waals surface area contributed by atoms with Crippen molar-refractivity contribution in [2.75, 3.05) is 6.54 Å². The van der Waals surface area contributed by atoms with Gasteiger partial charge in [-0.05, 0) is 47.0 Å². The van der Waals surface area contributed by atoms with E-state index in [1.54, 1.807) is 0 Å². The number of piperidine rings is 1. The minimum Gasteiger partial charge on any atom is -0.307 e. The van der Waals surface area contributed by atoms with Gasteiger partial charge in [-0.2, -0.15) is 0 Å². The number of amides is 4. The van der Waals surface area contributed by atoms with Gasteiger partial charge in [0.2, 0.25) is 0 Å². The Labute approximate surface area is 224 Å². The number of nitrogens with zero attached hydrogens (tertiary/aromatic N) is 2. The fraction of sp³-hybridized carbons (Fsp3) is 0.733. The average Bonchev–Trinajstić information content (AvgIpc) is 3.30. The van der Waals surface area contributed by atoms with E-state index in [0.29, 0.717) is 6.54 Å². The molecule has 3 rings (SSSR count). The second kappa shape index (κ2) is 14.6. The van der Waals surface area contributed by atoms with E-state index in [9.17, 15) is 19.2 Å². The van der Waals surface area contributed by atoms with Gasteiger partial charge in [-0.15, -0.1) is 0 Å². The number of nitrogens with one attached hydrogen (secondary N) is 1. The van der Waals surface area contributed by atoms with Crippen LogP contribution in [0.5, 0.6) is 0 Å². The van der Waals surface area contributed by atoms with Gasteiger partial charge in [-0.25, -0.2) is 0 Å². The van der Waals surface area contributed by atoms with Crippen molar-refractivity contribution in [2.24, 2.45) is 0 Å². The lowest BCUT2D eigenvalue weighted by molar-refractivity contribution is -0.141. The number of carbonyl (C=O) groups excluding carboxylic acids is 4. The Bertz CT molecular complexity index is 807. The van der Waals surface area contributed by atoms with Crippen LogP contribution in [0.3, 0.4) is 0 Å². The predicted molar refractivity (Wildman–Crippen MR) is 148 cm³/mol. The topological polar surface area (TPSA) is 86.8 Å². The van der Waals surface area contributed by atoms with Crippen molar-refractivity contribution >= 4 is 23.6 Å². The molecule has 0 aromatic rings. The molecule has 0 bridgehead atoms. The normalized spacial score (nSPS) is 20.7. The highest BCUT2D eigenvalue weighted by atomic mass is 16.2. The molecule has 0 saturated carbocycles. The van der Waals surface area contributed by atoms with E-state index in [0.717, 1.165) is 25.7 Å².